The molecule has 0 aliphatic rings. The minimum Gasteiger partial charge on any atom is -0.0616 e. The highest BCUT2D eigenvalue weighted by molar-refractivity contribution is 6.19. The minimum atomic E-state index is 1.27. The van der Waals surface area contributed by atoms with E-state index in [1.807, 2.05) is 0 Å². The van der Waals surface area contributed by atoms with Crippen molar-refractivity contribution in [3.63, 3.8) is 0 Å². The van der Waals surface area contributed by atoms with Gasteiger partial charge in [-0.25, -0.2) is 0 Å². The monoisotopic (exact) mass is 346 g/mol. The Morgan fingerprint density at radius 2 is 0.963 bits per heavy atom. The lowest BCUT2D eigenvalue weighted by atomic mass is 9.90. The van der Waals surface area contributed by atoms with Crippen LogP contribution in [0.4, 0.5) is 0 Å². The number of benzene rings is 5. The summed E-state index contributed by atoms with van der Waals surface area (Å²) in [6, 6.07) is 29.2. The lowest BCUT2D eigenvalue weighted by molar-refractivity contribution is 1.47. The van der Waals surface area contributed by atoms with Crippen molar-refractivity contribution >= 4 is 32.3 Å². The highest BCUT2D eigenvalue weighted by atomic mass is 14.1. The first-order valence-corrected chi connectivity index (χ1v) is 9.54. The van der Waals surface area contributed by atoms with E-state index in [1.54, 1.807) is 0 Å². The third-order valence-electron chi connectivity index (χ3n) is 5.77. The van der Waals surface area contributed by atoms with Crippen LogP contribution in [0, 0.1) is 20.8 Å². The molecular formula is C27H22. The molecule has 0 amide bonds. The van der Waals surface area contributed by atoms with E-state index in [9.17, 15) is 0 Å². The summed E-state index contributed by atoms with van der Waals surface area (Å²) in [7, 11) is 0. The zero-order chi connectivity index (χ0) is 18.5. The Hall–Kier alpha value is -3.12. The molecule has 0 heterocycles. The van der Waals surface area contributed by atoms with Crippen LogP contribution in [-0.2, 0) is 0 Å². The van der Waals surface area contributed by atoms with Gasteiger partial charge in [0.25, 0.3) is 0 Å². The van der Waals surface area contributed by atoms with Gasteiger partial charge in [-0.1, -0.05) is 78.4 Å². The second-order valence-corrected chi connectivity index (χ2v) is 7.65. The van der Waals surface area contributed by atoms with Crippen LogP contribution in [0.5, 0.6) is 0 Å². The normalized spacial score (nSPS) is 11.5. The van der Waals surface area contributed by atoms with Crippen LogP contribution >= 0.6 is 0 Å². The second-order valence-electron chi connectivity index (χ2n) is 7.65. The fourth-order valence-corrected chi connectivity index (χ4v) is 4.28. The van der Waals surface area contributed by atoms with Crippen molar-refractivity contribution < 1.29 is 0 Å². The molecule has 0 aliphatic carbocycles. The van der Waals surface area contributed by atoms with Gasteiger partial charge >= 0.3 is 0 Å². The molecule has 0 heteroatoms. The summed E-state index contributed by atoms with van der Waals surface area (Å²) in [4.78, 5) is 0. The maximum absolute atomic E-state index is 2.36. The molecule has 0 spiro atoms. The Morgan fingerprint density at radius 1 is 0.407 bits per heavy atom. The Bertz CT molecular complexity index is 1320. The van der Waals surface area contributed by atoms with Crippen LogP contribution < -0.4 is 0 Å². The van der Waals surface area contributed by atoms with Gasteiger partial charge in [-0.15, -0.1) is 0 Å². The zero-order valence-electron chi connectivity index (χ0n) is 16.0. The molecule has 0 N–H and O–H groups in total. The van der Waals surface area contributed by atoms with Crippen molar-refractivity contribution in [2.75, 3.05) is 0 Å². The van der Waals surface area contributed by atoms with Crippen LogP contribution in [0.1, 0.15) is 16.7 Å². The molecule has 0 saturated heterocycles. The molecule has 0 saturated carbocycles. The van der Waals surface area contributed by atoms with E-state index < -0.39 is 0 Å². The number of fused-ring (bicyclic) bond motifs is 5. The first kappa shape index (κ1) is 16.1. The summed E-state index contributed by atoms with van der Waals surface area (Å²) in [6.07, 6.45) is 0. The molecule has 0 unspecified atom stereocenters. The first-order chi connectivity index (χ1) is 13.1. The van der Waals surface area contributed by atoms with Gasteiger partial charge in [-0.05, 0) is 81.4 Å². The van der Waals surface area contributed by atoms with Crippen LogP contribution in [-0.4, -0.2) is 0 Å². The van der Waals surface area contributed by atoms with E-state index in [2.05, 4.69) is 99.6 Å². The fraction of sp³-hybridized carbons (Fsp3) is 0.111. The molecule has 0 fully saturated rings. The summed E-state index contributed by atoms with van der Waals surface area (Å²) in [5, 5.41) is 8.08. The molecule has 5 aromatic carbocycles. The molecule has 27 heavy (non-hydrogen) atoms. The molecule has 0 radical (unpaired) electrons. The predicted octanol–water partition coefficient (Wildman–Crippen LogP) is 7.74. The van der Waals surface area contributed by atoms with Crippen LogP contribution in [0.15, 0.2) is 78.9 Å². The average Bonchev–Trinajstić information content (AvgIpc) is 2.70. The van der Waals surface area contributed by atoms with Gasteiger partial charge in [0.2, 0.25) is 0 Å². The lowest BCUT2D eigenvalue weighted by Crippen LogP contribution is -1.88. The predicted molar refractivity (Wildman–Crippen MR) is 119 cm³/mol. The Labute approximate surface area is 160 Å². The van der Waals surface area contributed by atoms with Crippen molar-refractivity contribution in [2.45, 2.75) is 20.8 Å². The first-order valence-electron chi connectivity index (χ1n) is 9.54. The fourth-order valence-electron chi connectivity index (χ4n) is 4.28. The number of rotatable bonds is 1. The summed E-state index contributed by atoms with van der Waals surface area (Å²) >= 11 is 0. The molecule has 0 aromatic heterocycles. The van der Waals surface area contributed by atoms with Crippen LogP contribution in [0.3, 0.4) is 0 Å². The average molecular weight is 346 g/mol. The van der Waals surface area contributed by atoms with Gasteiger partial charge in [0.05, 0.1) is 0 Å². The molecule has 0 aliphatic heterocycles. The van der Waals surface area contributed by atoms with Crippen molar-refractivity contribution in [3.8, 4) is 11.1 Å². The summed E-state index contributed by atoms with van der Waals surface area (Å²) in [6.45, 7) is 6.58. The van der Waals surface area contributed by atoms with E-state index in [1.165, 1.54) is 60.1 Å². The zero-order valence-corrected chi connectivity index (χ0v) is 16.0. The molecule has 130 valence electrons. The maximum atomic E-state index is 2.36. The van der Waals surface area contributed by atoms with Crippen LogP contribution in [0.2, 0.25) is 0 Å². The van der Waals surface area contributed by atoms with E-state index >= 15 is 0 Å². The second kappa shape index (κ2) is 5.96. The van der Waals surface area contributed by atoms with Gasteiger partial charge < -0.3 is 0 Å². The third-order valence-corrected chi connectivity index (χ3v) is 5.77. The highest BCUT2D eigenvalue weighted by Crippen LogP contribution is 2.36. The van der Waals surface area contributed by atoms with Crippen molar-refractivity contribution in [2.24, 2.45) is 0 Å². The highest BCUT2D eigenvalue weighted by Gasteiger charge is 2.10. The lowest BCUT2D eigenvalue weighted by Gasteiger charge is -2.13. The summed E-state index contributed by atoms with van der Waals surface area (Å²) < 4.78 is 0. The number of aryl methyl sites for hydroxylation is 3. The third kappa shape index (κ3) is 2.52. The van der Waals surface area contributed by atoms with E-state index in [0.717, 1.165) is 0 Å². The Balaban J connectivity index is 1.84. The SMILES string of the molecule is Cc1ccc(-c2ccc3c(c2)c(C)cc2c4ccccc4c(C)cc32)cc1. The molecular weight excluding hydrogens is 324 g/mol. The van der Waals surface area contributed by atoms with E-state index in [-0.39, 0.29) is 0 Å². The van der Waals surface area contributed by atoms with Gasteiger partial charge in [0, 0.05) is 0 Å². The van der Waals surface area contributed by atoms with Crippen molar-refractivity contribution in [1.82, 2.24) is 0 Å². The molecule has 0 bridgehead atoms. The number of hydrogen-bond acceptors (Lipinski definition) is 0. The smallest absolute Gasteiger partial charge is 0.00961 e. The summed E-state index contributed by atoms with van der Waals surface area (Å²) in [5.41, 5.74) is 6.52. The molecule has 5 aromatic rings. The van der Waals surface area contributed by atoms with Crippen molar-refractivity contribution in [3.05, 3.63) is 95.6 Å². The minimum absolute atomic E-state index is 1.27. The van der Waals surface area contributed by atoms with Crippen LogP contribution in [0.25, 0.3) is 43.4 Å². The standard InChI is InChI=1S/C27H22/c1-17-8-10-20(11-9-17)21-12-13-24-25(16-21)19(3)15-26-23-7-5-4-6-22(23)18(2)14-27(24)26/h4-16H,1-3H3. The molecule has 0 nitrogen and oxygen atoms in total. The van der Waals surface area contributed by atoms with Gasteiger partial charge in [0.15, 0.2) is 0 Å². The Kier molecular flexibility index (Phi) is 3.55. The molecule has 0 atom stereocenters. The van der Waals surface area contributed by atoms with Gasteiger partial charge in [0.1, 0.15) is 0 Å². The van der Waals surface area contributed by atoms with E-state index in [0.29, 0.717) is 0 Å². The van der Waals surface area contributed by atoms with Crippen molar-refractivity contribution in [1.29, 1.82) is 0 Å². The van der Waals surface area contributed by atoms with E-state index in [4.69, 9.17) is 0 Å². The quantitative estimate of drug-likeness (QED) is 0.272. The maximum Gasteiger partial charge on any atom is -0.00961 e. The summed E-state index contributed by atoms with van der Waals surface area (Å²) in [5.74, 6) is 0. The van der Waals surface area contributed by atoms with Gasteiger partial charge in [-0.2, -0.15) is 0 Å². The largest absolute Gasteiger partial charge is 0.0616 e. The topological polar surface area (TPSA) is 0 Å². The number of hydrogen-bond donors (Lipinski definition) is 0. The Morgan fingerprint density at radius 3 is 1.67 bits per heavy atom. The molecule has 5 rings (SSSR count). The van der Waals surface area contributed by atoms with Gasteiger partial charge in [-0.3, -0.25) is 0 Å².